The minimum atomic E-state index is -0.185. The van der Waals surface area contributed by atoms with Gasteiger partial charge in [-0.15, -0.1) is 0 Å². The molecular formula is C10H13Cl2NO. The number of nitrogens with two attached hydrogens (primary N) is 1. The second-order valence-corrected chi connectivity index (χ2v) is 3.98. The zero-order chi connectivity index (χ0) is 10.7. The molecule has 1 atom stereocenters. The van der Waals surface area contributed by atoms with Crippen LogP contribution >= 0.6 is 23.2 Å². The van der Waals surface area contributed by atoms with Gasteiger partial charge in [0.05, 0.1) is 5.02 Å². The van der Waals surface area contributed by atoms with Crippen LogP contribution < -0.4 is 5.73 Å². The topological polar surface area (TPSA) is 46.2 Å². The molecule has 0 aliphatic heterocycles. The van der Waals surface area contributed by atoms with Crippen molar-refractivity contribution in [1.29, 1.82) is 0 Å². The molecule has 0 bridgehead atoms. The van der Waals surface area contributed by atoms with Crippen LogP contribution in [0, 0.1) is 0 Å². The van der Waals surface area contributed by atoms with E-state index in [0.29, 0.717) is 10.6 Å². The molecule has 0 spiro atoms. The van der Waals surface area contributed by atoms with Gasteiger partial charge in [-0.2, -0.15) is 0 Å². The summed E-state index contributed by atoms with van der Waals surface area (Å²) in [7, 11) is 0. The summed E-state index contributed by atoms with van der Waals surface area (Å²) in [5.41, 5.74) is 6.52. The Bertz CT molecular complexity index is 328. The summed E-state index contributed by atoms with van der Waals surface area (Å²) in [6.07, 6.45) is 1.77. The molecule has 0 aliphatic rings. The fourth-order valence-electron chi connectivity index (χ4n) is 1.32. The van der Waals surface area contributed by atoms with E-state index in [1.54, 1.807) is 12.1 Å². The van der Waals surface area contributed by atoms with E-state index in [9.17, 15) is 5.11 Å². The summed E-state index contributed by atoms with van der Waals surface area (Å²) in [6, 6.07) is 3.17. The average Bonchev–Trinajstić information content (AvgIpc) is 2.15. The Morgan fingerprint density at radius 1 is 1.43 bits per heavy atom. The van der Waals surface area contributed by atoms with Crippen molar-refractivity contribution in [2.75, 3.05) is 0 Å². The lowest BCUT2D eigenvalue weighted by molar-refractivity contribution is 0.458. The summed E-state index contributed by atoms with van der Waals surface area (Å²) in [5, 5.41) is 10.2. The van der Waals surface area contributed by atoms with E-state index in [0.717, 1.165) is 12.8 Å². The highest BCUT2D eigenvalue weighted by Gasteiger charge is 2.14. The molecule has 4 heteroatoms. The summed E-state index contributed by atoms with van der Waals surface area (Å²) in [5.74, 6) is 0.000108. The van der Waals surface area contributed by atoms with E-state index in [1.807, 2.05) is 6.92 Å². The van der Waals surface area contributed by atoms with Crippen molar-refractivity contribution in [3.8, 4) is 5.75 Å². The van der Waals surface area contributed by atoms with E-state index < -0.39 is 0 Å². The maximum atomic E-state index is 9.68. The number of rotatable bonds is 3. The van der Waals surface area contributed by atoms with Gasteiger partial charge >= 0.3 is 0 Å². The molecule has 0 aliphatic carbocycles. The Labute approximate surface area is 93.6 Å². The van der Waals surface area contributed by atoms with Gasteiger partial charge in [0.1, 0.15) is 10.8 Å². The van der Waals surface area contributed by atoms with Gasteiger partial charge in [-0.25, -0.2) is 0 Å². The Morgan fingerprint density at radius 3 is 2.64 bits per heavy atom. The van der Waals surface area contributed by atoms with E-state index in [2.05, 4.69) is 0 Å². The first-order chi connectivity index (χ1) is 6.57. The number of halogens is 2. The predicted molar refractivity (Wildman–Crippen MR) is 60.0 cm³/mol. The highest BCUT2D eigenvalue weighted by atomic mass is 35.5. The van der Waals surface area contributed by atoms with Crippen molar-refractivity contribution in [1.82, 2.24) is 0 Å². The average molecular weight is 234 g/mol. The van der Waals surface area contributed by atoms with Crippen molar-refractivity contribution >= 4 is 23.2 Å². The minimum Gasteiger partial charge on any atom is -0.506 e. The molecule has 1 aromatic carbocycles. The van der Waals surface area contributed by atoms with Crippen molar-refractivity contribution in [3.63, 3.8) is 0 Å². The van der Waals surface area contributed by atoms with Gasteiger partial charge in [0, 0.05) is 11.6 Å². The Hall–Kier alpha value is -0.440. The second-order valence-electron chi connectivity index (χ2n) is 3.19. The van der Waals surface area contributed by atoms with Gasteiger partial charge in [0.25, 0.3) is 0 Å². The predicted octanol–water partition coefficient (Wildman–Crippen LogP) is 3.50. The van der Waals surface area contributed by atoms with E-state index in [-0.39, 0.29) is 16.8 Å². The molecule has 0 saturated carbocycles. The quantitative estimate of drug-likeness (QED) is 0.840. The summed E-state index contributed by atoms with van der Waals surface area (Å²) in [4.78, 5) is 0. The van der Waals surface area contributed by atoms with Crippen LogP contribution in [-0.2, 0) is 0 Å². The highest BCUT2D eigenvalue weighted by molar-refractivity contribution is 6.43. The SMILES string of the molecule is CCCC(N)c1ccc(Cl)c(Cl)c1O. The third-order valence-corrected chi connectivity index (χ3v) is 2.89. The van der Waals surface area contributed by atoms with Gasteiger partial charge in [-0.05, 0) is 12.5 Å². The van der Waals surface area contributed by atoms with Gasteiger partial charge in [0.15, 0.2) is 0 Å². The summed E-state index contributed by atoms with van der Waals surface area (Å²) >= 11 is 11.5. The Kier molecular flexibility index (Phi) is 4.05. The lowest BCUT2D eigenvalue weighted by atomic mass is 10.0. The number of phenolic OH excluding ortho intramolecular Hbond substituents is 1. The van der Waals surface area contributed by atoms with Crippen LogP contribution in [0.25, 0.3) is 0 Å². The molecule has 1 unspecified atom stereocenters. The third kappa shape index (κ3) is 2.32. The second kappa shape index (κ2) is 4.87. The van der Waals surface area contributed by atoms with Crippen molar-refractivity contribution in [2.24, 2.45) is 5.73 Å². The van der Waals surface area contributed by atoms with Crippen LogP contribution in [0.4, 0.5) is 0 Å². The molecule has 1 aromatic rings. The fraction of sp³-hybridized carbons (Fsp3) is 0.400. The van der Waals surface area contributed by atoms with Crippen LogP contribution in [0.5, 0.6) is 5.75 Å². The first-order valence-electron chi connectivity index (χ1n) is 4.50. The largest absolute Gasteiger partial charge is 0.506 e. The van der Waals surface area contributed by atoms with Crippen LogP contribution in [0.2, 0.25) is 10.0 Å². The van der Waals surface area contributed by atoms with Gasteiger partial charge in [-0.3, -0.25) is 0 Å². The van der Waals surface area contributed by atoms with Gasteiger partial charge in [-0.1, -0.05) is 42.6 Å². The maximum Gasteiger partial charge on any atom is 0.140 e. The Morgan fingerprint density at radius 2 is 2.07 bits per heavy atom. The number of hydrogen-bond donors (Lipinski definition) is 2. The van der Waals surface area contributed by atoms with Crippen LogP contribution in [-0.4, -0.2) is 5.11 Å². The Balaban J connectivity index is 3.04. The number of phenols is 1. The highest BCUT2D eigenvalue weighted by Crippen LogP contribution is 2.37. The molecule has 1 rings (SSSR count). The summed E-state index contributed by atoms with van der Waals surface area (Å²) in [6.45, 7) is 2.04. The molecule has 0 radical (unpaired) electrons. The molecule has 0 aromatic heterocycles. The van der Waals surface area contributed by atoms with E-state index in [1.165, 1.54) is 0 Å². The number of hydrogen-bond acceptors (Lipinski definition) is 2. The third-order valence-electron chi connectivity index (χ3n) is 2.10. The number of aromatic hydroxyl groups is 1. The lowest BCUT2D eigenvalue weighted by Crippen LogP contribution is -2.09. The molecule has 78 valence electrons. The molecule has 14 heavy (non-hydrogen) atoms. The molecule has 0 fully saturated rings. The maximum absolute atomic E-state index is 9.68. The normalized spacial score (nSPS) is 12.9. The summed E-state index contributed by atoms with van der Waals surface area (Å²) < 4.78 is 0. The van der Waals surface area contributed by atoms with Crippen LogP contribution in [0.3, 0.4) is 0 Å². The molecule has 0 amide bonds. The smallest absolute Gasteiger partial charge is 0.140 e. The van der Waals surface area contributed by atoms with Crippen LogP contribution in [0.1, 0.15) is 31.4 Å². The zero-order valence-corrected chi connectivity index (χ0v) is 9.44. The van der Waals surface area contributed by atoms with E-state index >= 15 is 0 Å². The number of benzene rings is 1. The standard InChI is InChI=1S/C10H13Cl2NO/c1-2-3-8(13)6-4-5-7(11)9(12)10(6)14/h4-5,8,14H,2-3,13H2,1H3. The lowest BCUT2D eigenvalue weighted by Gasteiger charge is -2.13. The first-order valence-corrected chi connectivity index (χ1v) is 5.26. The zero-order valence-electron chi connectivity index (χ0n) is 7.93. The molecule has 0 saturated heterocycles. The van der Waals surface area contributed by atoms with E-state index in [4.69, 9.17) is 28.9 Å². The monoisotopic (exact) mass is 233 g/mol. The molecule has 0 heterocycles. The van der Waals surface area contributed by atoms with Gasteiger partial charge < -0.3 is 10.8 Å². The molecule has 3 N–H and O–H groups in total. The molecular weight excluding hydrogens is 221 g/mol. The molecule has 2 nitrogen and oxygen atoms in total. The van der Waals surface area contributed by atoms with Crippen LogP contribution in [0.15, 0.2) is 12.1 Å². The van der Waals surface area contributed by atoms with Crippen molar-refractivity contribution in [3.05, 3.63) is 27.7 Å². The minimum absolute atomic E-state index is 0.000108. The van der Waals surface area contributed by atoms with Gasteiger partial charge in [0.2, 0.25) is 0 Å². The van der Waals surface area contributed by atoms with Crippen molar-refractivity contribution in [2.45, 2.75) is 25.8 Å². The van der Waals surface area contributed by atoms with Crippen molar-refractivity contribution < 1.29 is 5.11 Å². The first kappa shape index (κ1) is 11.6. The fourth-order valence-corrected chi connectivity index (χ4v) is 1.65.